The molecule has 0 aliphatic heterocycles. The third-order valence-corrected chi connectivity index (χ3v) is 5.23. The zero-order chi connectivity index (χ0) is 13.1. The van der Waals surface area contributed by atoms with Crippen LogP contribution in [0.25, 0.3) is 0 Å². The number of hydrogen-bond acceptors (Lipinski definition) is 3. The molecule has 1 N–H and O–H groups in total. The highest BCUT2D eigenvalue weighted by atomic mass is 32.2. The minimum Gasteiger partial charge on any atom is -0.478 e. The summed E-state index contributed by atoms with van der Waals surface area (Å²) < 4.78 is 17.4. The summed E-state index contributed by atoms with van der Waals surface area (Å²) in [6.07, 6.45) is 5.60. The van der Waals surface area contributed by atoms with Gasteiger partial charge in [-0.25, -0.2) is 4.79 Å². The Morgan fingerprint density at radius 3 is 3.00 bits per heavy atom. The van der Waals surface area contributed by atoms with Gasteiger partial charge < -0.3 is 9.52 Å². The number of carboxylic acids is 1. The molecule has 3 unspecified atom stereocenters. The molecule has 0 bridgehead atoms. The minimum atomic E-state index is -1.04. The molecule has 5 heteroatoms. The van der Waals surface area contributed by atoms with Crippen LogP contribution in [0.2, 0.25) is 0 Å². The van der Waals surface area contributed by atoms with Crippen LogP contribution in [0, 0.1) is 5.92 Å². The Morgan fingerprint density at radius 2 is 2.33 bits per heavy atom. The van der Waals surface area contributed by atoms with E-state index in [1.165, 1.54) is 18.8 Å². The van der Waals surface area contributed by atoms with Crippen LogP contribution in [0.5, 0.6) is 0 Å². The van der Waals surface area contributed by atoms with Crippen molar-refractivity contribution >= 4 is 16.8 Å². The molecule has 0 radical (unpaired) electrons. The maximum Gasteiger partial charge on any atom is 0.339 e. The average molecular weight is 270 g/mol. The minimum absolute atomic E-state index is 0.132. The zero-order valence-electron chi connectivity index (χ0n) is 10.4. The van der Waals surface area contributed by atoms with Gasteiger partial charge in [0.15, 0.2) is 0 Å². The molecule has 2 rings (SSSR count). The molecule has 1 aliphatic rings. The lowest BCUT2D eigenvalue weighted by Gasteiger charge is -2.25. The van der Waals surface area contributed by atoms with Crippen LogP contribution in [0.15, 0.2) is 16.7 Å². The average Bonchev–Trinajstić information content (AvgIpc) is 2.77. The fourth-order valence-electron chi connectivity index (χ4n) is 2.51. The molecule has 0 amide bonds. The van der Waals surface area contributed by atoms with Gasteiger partial charge >= 0.3 is 5.97 Å². The van der Waals surface area contributed by atoms with Crippen molar-refractivity contribution in [3.05, 3.63) is 23.7 Å². The molecule has 18 heavy (non-hydrogen) atoms. The summed E-state index contributed by atoms with van der Waals surface area (Å²) in [7, 11) is -1.04. The van der Waals surface area contributed by atoms with Gasteiger partial charge in [-0.1, -0.05) is 19.8 Å². The molecule has 4 nitrogen and oxygen atoms in total. The van der Waals surface area contributed by atoms with Crippen molar-refractivity contribution < 1.29 is 18.5 Å². The number of aromatic carboxylic acids is 1. The maximum atomic E-state index is 12.2. The Kier molecular flexibility index (Phi) is 4.22. The standard InChI is InChI=1S/C13H18O4S/c1-9-3-2-4-10(7-9)18(16)8-12-11(13(14)15)5-6-17-12/h5-6,9-10H,2-4,7-8H2,1H3,(H,14,15). The molecule has 1 aliphatic carbocycles. The largest absolute Gasteiger partial charge is 0.478 e. The van der Waals surface area contributed by atoms with E-state index in [4.69, 9.17) is 9.52 Å². The van der Waals surface area contributed by atoms with Crippen LogP contribution in [0.3, 0.4) is 0 Å². The molecule has 1 aromatic heterocycles. The summed E-state index contributed by atoms with van der Waals surface area (Å²) in [4.78, 5) is 10.9. The summed E-state index contributed by atoms with van der Waals surface area (Å²) >= 11 is 0. The topological polar surface area (TPSA) is 67.5 Å². The van der Waals surface area contributed by atoms with Gasteiger partial charge in [0.1, 0.15) is 11.3 Å². The Hall–Kier alpha value is -1.10. The number of furan rings is 1. The molecule has 100 valence electrons. The van der Waals surface area contributed by atoms with E-state index >= 15 is 0 Å². The Balaban J connectivity index is 2.02. The third-order valence-electron chi connectivity index (χ3n) is 3.51. The third kappa shape index (κ3) is 3.02. The molecular weight excluding hydrogens is 252 g/mol. The SMILES string of the molecule is CC1CCCC(S(=O)Cc2occc2C(=O)O)C1. The summed E-state index contributed by atoms with van der Waals surface area (Å²) in [6, 6.07) is 1.42. The van der Waals surface area contributed by atoms with Gasteiger partial charge in [0.25, 0.3) is 0 Å². The first-order valence-electron chi connectivity index (χ1n) is 6.24. The van der Waals surface area contributed by atoms with Gasteiger partial charge in [0, 0.05) is 16.0 Å². The molecule has 1 heterocycles. The van der Waals surface area contributed by atoms with E-state index < -0.39 is 16.8 Å². The summed E-state index contributed by atoms with van der Waals surface area (Å²) in [5.74, 6) is 0.140. The van der Waals surface area contributed by atoms with E-state index in [0.29, 0.717) is 11.7 Å². The van der Waals surface area contributed by atoms with Crippen molar-refractivity contribution in [1.29, 1.82) is 0 Å². The fourth-order valence-corrected chi connectivity index (χ4v) is 4.20. The quantitative estimate of drug-likeness (QED) is 0.913. The van der Waals surface area contributed by atoms with E-state index in [9.17, 15) is 9.00 Å². The van der Waals surface area contributed by atoms with Crippen LogP contribution >= 0.6 is 0 Å². The van der Waals surface area contributed by atoms with E-state index in [2.05, 4.69) is 6.92 Å². The highest BCUT2D eigenvalue weighted by Crippen LogP contribution is 2.28. The number of carboxylic acid groups (broad SMARTS) is 1. The number of hydrogen-bond donors (Lipinski definition) is 1. The van der Waals surface area contributed by atoms with Gasteiger partial charge in [-0.2, -0.15) is 0 Å². The lowest BCUT2D eigenvalue weighted by atomic mass is 9.91. The number of rotatable bonds is 4. The first-order chi connectivity index (χ1) is 8.58. The summed E-state index contributed by atoms with van der Waals surface area (Å²) in [5, 5.41) is 9.14. The van der Waals surface area contributed by atoms with E-state index in [0.717, 1.165) is 19.3 Å². The molecule has 0 spiro atoms. The van der Waals surface area contributed by atoms with Crippen molar-refractivity contribution in [3.8, 4) is 0 Å². The van der Waals surface area contributed by atoms with Crippen molar-refractivity contribution in [2.75, 3.05) is 0 Å². The van der Waals surface area contributed by atoms with E-state index in [-0.39, 0.29) is 16.6 Å². The van der Waals surface area contributed by atoms with Crippen LogP contribution < -0.4 is 0 Å². The monoisotopic (exact) mass is 270 g/mol. The molecule has 3 atom stereocenters. The molecule has 1 saturated carbocycles. The second-order valence-electron chi connectivity index (χ2n) is 4.98. The Labute approximate surface area is 109 Å². The lowest BCUT2D eigenvalue weighted by Crippen LogP contribution is -2.24. The second kappa shape index (κ2) is 5.69. The highest BCUT2D eigenvalue weighted by molar-refractivity contribution is 7.84. The van der Waals surface area contributed by atoms with Crippen molar-refractivity contribution in [2.45, 2.75) is 43.6 Å². The van der Waals surface area contributed by atoms with Crippen LogP contribution in [0.1, 0.15) is 48.7 Å². The van der Waals surface area contributed by atoms with Crippen molar-refractivity contribution in [1.82, 2.24) is 0 Å². The van der Waals surface area contributed by atoms with Gasteiger partial charge in [0.2, 0.25) is 0 Å². The smallest absolute Gasteiger partial charge is 0.339 e. The predicted molar refractivity (Wildman–Crippen MR) is 68.9 cm³/mol. The maximum absolute atomic E-state index is 12.2. The van der Waals surface area contributed by atoms with Crippen molar-refractivity contribution in [3.63, 3.8) is 0 Å². The molecule has 0 saturated heterocycles. The normalized spacial score (nSPS) is 25.8. The lowest BCUT2D eigenvalue weighted by molar-refractivity contribution is 0.0695. The van der Waals surface area contributed by atoms with Gasteiger partial charge in [-0.15, -0.1) is 0 Å². The Bertz CT molecular complexity index is 452. The van der Waals surface area contributed by atoms with Crippen LogP contribution in [-0.2, 0) is 16.6 Å². The highest BCUT2D eigenvalue weighted by Gasteiger charge is 2.26. The van der Waals surface area contributed by atoms with Gasteiger partial charge in [-0.05, 0) is 24.8 Å². The first kappa shape index (κ1) is 13.3. The number of carbonyl (C=O) groups is 1. The Morgan fingerprint density at radius 1 is 1.56 bits per heavy atom. The fraction of sp³-hybridized carbons (Fsp3) is 0.615. The van der Waals surface area contributed by atoms with Crippen LogP contribution in [-0.4, -0.2) is 20.5 Å². The molecular formula is C13H18O4S. The molecule has 1 fully saturated rings. The van der Waals surface area contributed by atoms with E-state index in [1.54, 1.807) is 0 Å². The summed E-state index contributed by atoms with van der Waals surface area (Å²) in [6.45, 7) is 2.18. The van der Waals surface area contributed by atoms with Crippen molar-refractivity contribution in [2.24, 2.45) is 5.92 Å². The zero-order valence-corrected chi connectivity index (χ0v) is 11.2. The molecule has 1 aromatic rings. The second-order valence-corrected chi connectivity index (χ2v) is 6.70. The summed E-state index contributed by atoms with van der Waals surface area (Å²) in [5.41, 5.74) is 0.132. The predicted octanol–water partition coefficient (Wildman–Crippen LogP) is 2.81. The van der Waals surface area contributed by atoms with Gasteiger partial charge in [-0.3, -0.25) is 4.21 Å². The first-order valence-corrected chi connectivity index (χ1v) is 7.63. The molecule has 0 aromatic carbocycles. The van der Waals surface area contributed by atoms with Crippen LogP contribution in [0.4, 0.5) is 0 Å². The van der Waals surface area contributed by atoms with Gasteiger partial charge in [0.05, 0.1) is 12.0 Å². The van der Waals surface area contributed by atoms with E-state index in [1.807, 2.05) is 0 Å².